The Bertz CT molecular complexity index is 967. The highest BCUT2D eigenvalue weighted by molar-refractivity contribution is 8.00. The number of amides is 1. The molecule has 1 aromatic carbocycles. The number of carbonyl (C=O) groups excluding carboxylic acids is 1. The van der Waals surface area contributed by atoms with Crippen LogP contribution < -0.4 is 5.32 Å². The van der Waals surface area contributed by atoms with Crippen LogP contribution in [-0.2, 0) is 4.79 Å². The summed E-state index contributed by atoms with van der Waals surface area (Å²) in [5, 5.41) is 17.6. The Morgan fingerprint density at radius 2 is 2.03 bits per heavy atom. The van der Waals surface area contributed by atoms with Crippen molar-refractivity contribution < 1.29 is 9.18 Å². The highest BCUT2D eigenvalue weighted by atomic mass is 32.2. The number of thiazole rings is 1. The SMILES string of the molecule is CC(Sc1nnnn1C1CCCCC1)C(=O)Nc1nc(-c2ccc(F)cc2)cs1. The van der Waals surface area contributed by atoms with Gasteiger partial charge in [-0.3, -0.25) is 4.79 Å². The molecule has 1 unspecified atom stereocenters. The lowest BCUT2D eigenvalue weighted by atomic mass is 9.96. The van der Waals surface area contributed by atoms with E-state index in [1.54, 1.807) is 12.1 Å². The predicted octanol–water partition coefficient (Wildman–Crippen LogP) is 4.56. The van der Waals surface area contributed by atoms with Gasteiger partial charge in [0.15, 0.2) is 5.13 Å². The normalized spacial score (nSPS) is 15.9. The van der Waals surface area contributed by atoms with Crippen molar-refractivity contribution in [2.24, 2.45) is 0 Å². The fourth-order valence-corrected chi connectivity index (χ4v) is 4.90. The molecule has 29 heavy (non-hydrogen) atoms. The van der Waals surface area contributed by atoms with Crippen LogP contribution in [0.4, 0.5) is 9.52 Å². The van der Waals surface area contributed by atoms with E-state index in [2.05, 4.69) is 25.8 Å². The molecule has 2 aromatic heterocycles. The Balaban J connectivity index is 1.38. The van der Waals surface area contributed by atoms with Gasteiger partial charge in [-0.2, -0.15) is 0 Å². The molecule has 0 bridgehead atoms. The second-order valence-electron chi connectivity index (χ2n) is 6.99. The van der Waals surface area contributed by atoms with E-state index in [9.17, 15) is 9.18 Å². The van der Waals surface area contributed by atoms with E-state index in [-0.39, 0.29) is 17.0 Å². The Kier molecular flexibility index (Phi) is 6.19. The van der Waals surface area contributed by atoms with E-state index >= 15 is 0 Å². The molecule has 7 nitrogen and oxygen atoms in total. The number of benzene rings is 1. The lowest BCUT2D eigenvalue weighted by Crippen LogP contribution is -2.23. The maximum Gasteiger partial charge on any atom is 0.239 e. The first kappa shape index (κ1) is 20.0. The van der Waals surface area contributed by atoms with E-state index in [1.807, 2.05) is 17.0 Å². The van der Waals surface area contributed by atoms with Gasteiger partial charge in [0.25, 0.3) is 0 Å². The molecule has 1 saturated carbocycles. The van der Waals surface area contributed by atoms with Crippen LogP contribution in [0.5, 0.6) is 0 Å². The zero-order chi connectivity index (χ0) is 20.2. The molecule has 10 heteroatoms. The van der Waals surface area contributed by atoms with Crippen LogP contribution >= 0.6 is 23.1 Å². The molecule has 0 aliphatic heterocycles. The summed E-state index contributed by atoms with van der Waals surface area (Å²) in [7, 11) is 0. The molecule has 1 aliphatic carbocycles. The number of carbonyl (C=O) groups is 1. The third kappa shape index (κ3) is 4.81. The fraction of sp³-hybridized carbons (Fsp3) is 0.421. The van der Waals surface area contributed by atoms with E-state index < -0.39 is 0 Å². The van der Waals surface area contributed by atoms with Crippen LogP contribution in [-0.4, -0.2) is 36.3 Å². The summed E-state index contributed by atoms with van der Waals surface area (Å²) in [5.41, 5.74) is 1.50. The standard InChI is InChI=1S/C19H21FN6OS2/c1-12(29-19-23-24-25-26(19)15-5-3-2-4-6-15)17(27)22-18-21-16(11-28-18)13-7-9-14(20)10-8-13/h7-12,15H,2-6H2,1H3,(H,21,22,27). The topological polar surface area (TPSA) is 85.6 Å². The first-order chi connectivity index (χ1) is 14.1. The first-order valence-corrected chi connectivity index (χ1v) is 11.3. The number of nitrogens with zero attached hydrogens (tertiary/aromatic N) is 5. The van der Waals surface area contributed by atoms with Gasteiger partial charge in [-0.1, -0.05) is 31.0 Å². The van der Waals surface area contributed by atoms with Gasteiger partial charge in [0.2, 0.25) is 11.1 Å². The van der Waals surface area contributed by atoms with E-state index in [4.69, 9.17) is 0 Å². The molecule has 152 valence electrons. The second-order valence-corrected chi connectivity index (χ2v) is 9.16. The Morgan fingerprint density at radius 1 is 1.28 bits per heavy atom. The summed E-state index contributed by atoms with van der Waals surface area (Å²) in [6, 6.07) is 6.43. The van der Waals surface area contributed by atoms with Crippen LogP contribution in [0, 0.1) is 5.82 Å². The van der Waals surface area contributed by atoms with Crippen molar-refractivity contribution in [1.82, 2.24) is 25.2 Å². The first-order valence-electron chi connectivity index (χ1n) is 9.57. The summed E-state index contributed by atoms with van der Waals surface area (Å²) in [5.74, 6) is -0.452. The molecular weight excluding hydrogens is 411 g/mol. The van der Waals surface area contributed by atoms with E-state index in [0.717, 1.165) is 18.4 Å². The highest BCUT2D eigenvalue weighted by Gasteiger charge is 2.24. The molecule has 3 aromatic rings. The number of halogens is 1. The van der Waals surface area contributed by atoms with Crippen molar-refractivity contribution in [2.75, 3.05) is 5.32 Å². The number of rotatable bonds is 6. The minimum absolute atomic E-state index is 0.159. The van der Waals surface area contributed by atoms with Gasteiger partial charge in [0.1, 0.15) is 5.82 Å². The van der Waals surface area contributed by atoms with Crippen LogP contribution in [0.15, 0.2) is 34.8 Å². The molecule has 0 saturated heterocycles. The molecule has 1 aliphatic rings. The van der Waals surface area contributed by atoms with Gasteiger partial charge >= 0.3 is 0 Å². The smallest absolute Gasteiger partial charge is 0.239 e. The van der Waals surface area contributed by atoms with Crippen molar-refractivity contribution >= 4 is 34.1 Å². The lowest BCUT2D eigenvalue weighted by molar-refractivity contribution is -0.115. The quantitative estimate of drug-likeness (QED) is 0.575. The maximum absolute atomic E-state index is 13.1. The summed E-state index contributed by atoms with van der Waals surface area (Å²) < 4.78 is 14.9. The molecule has 0 radical (unpaired) electrons. The zero-order valence-corrected chi connectivity index (χ0v) is 17.5. The van der Waals surface area contributed by atoms with Crippen LogP contribution in [0.2, 0.25) is 0 Å². The molecule has 1 N–H and O–H groups in total. The van der Waals surface area contributed by atoms with Gasteiger partial charge in [0.05, 0.1) is 17.0 Å². The van der Waals surface area contributed by atoms with Crippen molar-refractivity contribution in [3.63, 3.8) is 0 Å². The van der Waals surface area contributed by atoms with Gasteiger partial charge < -0.3 is 5.32 Å². The predicted molar refractivity (Wildman–Crippen MR) is 111 cm³/mol. The van der Waals surface area contributed by atoms with Gasteiger partial charge in [-0.15, -0.1) is 16.4 Å². The lowest BCUT2D eigenvalue weighted by Gasteiger charge is -2.22. The van der Waals surface area contributed by atoms with Crippen LogP contribution in [0.1, 0.15) is 45.1 Å². The number of tetrazole rings is 1. The average molecular weight is 433 g/mol. The number of thioether (sulfide) groups is 1. The van der Waals surface area contributed by atoms with Crippen molar-refractivity contribution in [1.29, 1.82) is 0 Å². The minimum Gasteiger partial charge on any atom is -0.301 e. The number of hydrogen-bond acceptors (Lipinski definition) is 7. The number of anilines is 1. The van der Waals surface area contributed by atoms with Crippen molar-refractivity contribution in [2.45, 2.75) is 55.5 Å². The van der Waals surface area contributed by atoms with Gasteiger partial charge in [0, 0.05) is 10.9 Å². The van der Waals surface area contributed by atoms with Gasteiger partial charge in [-0.25, -0.2) is 14.1 Å². The molecule has 1 amide bonds. The molecular formula is C19H21FN6OS2. The monoisotopic (exact) mass is 432 g/mol. The number of hydrogen-bond donors (Lipinski definition) is 1. The molecule has 0 spiro atoms. The Hall–Kier alpha value is -2.33. The molecule has 1 atom stereocenters. The average Bonchev–Trinajstić information content (AvgIpc) is 3.39. The second kappa shape index (κ2) is 9.00. The summed E-state index contributed by atoms with van der Waals surface area (Å²) in [6.07, 6.45) is 5.78. The molecule has 2 heterocycles. The van der Waals surface area contributed by atoms with Crippen LogP contribution in [0.3, 0.4) is 0 Å². The van der Waals surface area contributed by atoms with E-state index in [1.165, 1.54) is 54.5 Å². The maximum atomic E-state index is 13.1. The molecule has 4 rings (SSSR count). The Morgan fingerprint density at radius 3 is 2.79 bits per heavy atom. The van der Waals surface area contributed by atoms with Gasteiger partial charge in [-0.05, 0) is 54.5 Å². The zero-order valence-electron chi connectivity index (χ0n) is 15.9. The number of aromatic nitrogens is 5. The molecule has 1 fully saturated rings. The van der Waals surface area contributed by atoms with E-state index in [0.29, 0.717) is 22.0 Å². The minimum atomic E-state index is -0.374. The van der Waals surface area contributed by atoms with Crippen LogP contribution in [0.25, 0.3) is 11.3 Å². The summed E-state index contributed by atoms with van der Waals surface area (Å²) in [6.45, 7) is 1.83. The summed E-state index contributed by atoms with van der Waals surface area (Å²) >= 11 is 2.69. The summed E-state index contributed by atoms with van der Waals surface area (Å²) in [4.78, 5) is 17.1. The third-order valence-electron chi connectivity index (χ3n) is 4.91. The fourth-order valence-electron chi connectivity index (χ4n) is 3.32. The largest absolute Gasteiger partial charge is 0.301 e. The Labute approximate surface area is 176 Å². The van der Waals surface area contributed by atoms with Crippen molar-refractivity contribution in [3.8, 4) is 11.3 Å². The highest BCUT2D eigenvalue weighted by Crippen LogP contribution is 2.32. The van der Waals surface area contributed by atoms with Crippen molar-refractivity contribution in [3.05, 3.63) is 35.5 Å². The number of nitrogens with one attached hydrogen (secondary N) is 1. The third-order valence-corrected chi connectivity index (χ3v) is 6.71.